The lowest BCUT2D eigenvalue weighted by Gasteiger charge is -2.29. The van der Waals surface area contributed by atoms with Crippen LogP contribution in [0.2, 0.25) is 0 Å². The first kappa shape index (κ1) is 21.5. The first-order valence-corrected chi connectivity index (χ1v) is 11.1. The van der Waals surface area contributed by atoms with Gasteiger partial charge in [-0.1, -0.05) is 60.2 Å². The molecule has 1 aromatic heterocycles. The van der Waals surface area contributed by atoms with Crippen molar-refractivity contribution < 1.29 is 9.53 Å². The summed E-state index contributed by atoms with van der Waals surface area (Å²) in [5.41, 5.74) is 4.88. The molecule has 0 bridgehead atoms. The second-order valence-electron chi connectivity index (χ2n) is 8.20. The number of carbonyl (C=O) groups excluding carboxylic acids is 1. The van der Waals surface area contributed by atoms with Crippen molar-refractivity contribution in [3.63, 3.8) is 0 Å². The summed E-state index contributed by atoms with van der Waals surface area (Å²) < 4.78 is 7.30. The normalized spacial score (nSPS) is 14.9. The van der Waals surface area contributed by atoms with Crippen LogP contribution in [0.4, 0.5) is 11.6 Å². The number of fused-ring (bicyclic) bond motifs is 1. The molecule has 2 N–H and O–H groups in total. The number of nitrogens with one attached hydrogen (secondary N) is 2. The third kappa shape index (κ3) is 3.92. The zero-order chi connectivity index (χ0) is 23.7. The minimum absolute atomic E-state index is 0.192. The van der Waals surface area contributed by atoms with Gasteiger partial charge in [-0.05, 0) is 43.7 Å². The van der Waals surface area contributed by atoms with Gasteiger partial charge in [-0.25, -0.2) is 4.68 Å². The van der Waals surface area contributed by atoms with E-state index in [-0.39, 0.29) is 5.91 Å². The highest BCUT2D eigenvalue weighted by atomic mass is 16.5. The zero-order valence-electron chi connectivity index (χ0n) is 19.2. The van der Waals surface area contributed by atoms with Crippen LogP contribution in [0, 0.1) is 6.92 Å². The van der Waals surface area contributed by atoms with Crippen LogP contribution >= 0.6 is 0 Å². The number of anilines is 2. The van der Waals surface area contributed by atoms with Crippen LogP contribution in [-0.2, 0) is 4.79 Å². The third-order valence-corrected chi connectivity index (χ3v) is 5.83. The molecule has 1 aliphatic heterocycles. The van der Waals surface area contributed by atoms with E-state index in [4.69, 9.17) is 14.8 Å². The number of ether oxygens (including phenoxy) is 1. The van der Waals surface area contributed by atoms with Crippen molar-refractivity contribution >= 4 is 17.5 Å². The van der Waals surface area contributed by atoms with Crippen LogP contribution in [0.3, 0.4) is 0 Å². The maximum atomic E-state index is 13.5. The molecule has 3 aromatic carbocycles. The molecular weight excluding hydrogens is 426 g/mol. The molecule has 2 heterocycles. The van der Waals surface area contributed by atoms with Crippen molar-refractivity contribution in [2.75, 3.05) is 17.7 Å². The van der Waals surface area contributed by atoms with Gasteiger partial charge in [0.1, 0.15) is 11.8 Å². The van der Waals surface area contributed by atoms with Crippen LogP contribution in [-0.4, -0.2) is 27.8 Å². The number of nitrogens with zero attached hydrogens (tertiary/aromatic N) is 3. The van der Waals surface area contributed by atoms with Gasteiger partial charge >= 0.3 is 0 Å². The molecule has 1 amide bonds. The molecule has 0 saturated carbocycles. The fraction of sp³-hybridized carbons (Fsp3) is 0.148. The highest BCUT2D eigenvalue weighted by molar-refractivity contribution is 6.06. The summed E-state index contributed by atoms with van der Waals surface area (Å²) in [5, 5.41) is 11.2. The Morgan fingerprint density at radius 2 is 1.76 bits per heavy atom. The molecule has 4 aromatic rings. The minimum Gasteiger partial charge on any atom is -0.496 e. The number of amides is 1. The molecule has 1 aliphatic rings. The summed E-state index contributed by atoms with van der Waals surface area (Å²) >= 11 is 0. The Morgan fingerprint density at radius 3 is 2.53 bits per heavy atom. The molecule has 7 nitrogen and oxygen atoms in total. The van der Waals surface area contributed by atoms with E-state index in [0.29, 0.717) is 23.1 Å². The van der Waals surface area contributed by atoms with E-state index < -0.39 is 6.04 Å². The highest BCUT2D eigenvalue weighted by Gasteiger charge is 2.34. The lowest BCUT2D eigenvalue weighted by atomic mass is 9.94. The summed E-state index contributed by atoms with van der Waals surface area (Å²) in [6, 6.07) is 24.7. The molecule has 5 rings (SSSR count). The van der Waals surface area contributed by atoms with Gasteiger partial charge in [-0.2, -0.15) is 4.98 Å². The monoisotopic (exact) mass is 451 g/mol. The number of aryl methyl sites for hydroxylation is 1. The van der Waals surface area contributed by atoms with Gasteiger partial charge < -0.3 is 15.4 Å². The maximum absolute atomic E-state index is 13.5. The molecule has 0 saturated heterocycles. The van der Waals surface area contributed by atoms with E-state index in [1.54, 1.807) is 11.8 Å². The molecule has 0 fully saturated rings. The number of hydrogen-bond donors (Lipinski definition) is 2. The van der Waals surface area contributed by atoms with Crippen molar-refractivity contribution in [2.45, 2.75) is 19.9 Å². The quantitative estimate of drug-likeness (QED) is 0.436. The van der Waals surface area contributed by atoms with Crippen LogP contribution in [0.5, 0.6) is 5.75 Å². The zero-order valence-corrected chi connectivity index (χ0v) is 19.2. The Labute approximate surface area is 198 Å². The molecule has 1 unspecified atom stereocenters. The second kappa shape index (κ2) is 8.86. The lowest BCUT2D eigenvalue weighted by Crippen LogP contribution is -2.31. The molecule has 170 valence electrons. The Kier molecular flexibility index (Phi) is 5.59. The van der Waals surface area contributed by atoms with E-state index >= 15 is 0 Å². The standard InChI is InChI=1S/C27H25N5O2/c1-17-10-9-11-19(16-17)24-23(26(33)29-20-12-5-4-6-13-20)18(2)28-27-30-25(31-32(24)27)21-14-7-8-15-22(21)34-3/h4-16,24H,1-3H3,(H,29,33)(H,28,30,31). The number of para-hydroxylation sites is 2. The first-order chi connectivity index (χ1) is 16.5. The van der Waals surface area contributed by atoms with Gasteiger partial charge in [-0.15, -0.1) is 5.10 Å². The Balaban J connectivity index is 1.63. The Hall–Kier alpha value is -4.39. The van der Waals surface area contributed by atoms with Crippen molar-refractivity contribution in [3.8, 4) is 17.1 Å². The summed E-state index contributed by atoms with van der Waals surface area (Å²) in [7, 11) is 1.63. The topological polar surface area (TPSA) is 81.1 Å². The summed E-state index contributed by atoms with van der Waals surface area (Å²) in [6.07, 6.45) is 0. The van der Waals surface area contributed by atoms with Crippen LogP contribution in [0.25, 0.3) is 11.4 Å². The van der Waals surface area contributed by atoms with Gasteiger partial charge in [0, 0.05) is 11.4 Å². The molecular formula is C27H25N5O2. The largest absolute Gasteiger partial charge is 0.496 e. The predicted molar refractivity (Wildman–Crippen MR) is 133 cm³/mol. The molecule has 0 radical (unpaired) electrons. The van der Waals surface area contributed by atoms with E-state index in [0.717, 1.165) is 28.1 Å². The van der Waals surface area contributed by atoms with E-state index in [1.807, 2.05) is 86.6 Å². The average Bonchev–Trinajstić information content (AvgIpc) is 3.27. The van der Waals surface area contributed by atoms with E-state index in [1.165, 1.54) is 0 Å². The predicted octanol–water partition coefficient (Wildman–Crippen LogP) is 5.19. The van der Waals surface area contributed by atoms with Crippen LogP contribution in [0.1, 0.15) is 24.1 Å². The summed E-state index contributed by atoms with van der Waals surface area (Å²) in [5.74, 6) is 1.59. The van der Waals surface area contributed by atoms with Crippen molar-refractivity contribution in [1.82, 2.24) is 14.8 Å². The van der Waals surface area contributed by atoms with E-state index in [2.05, 4.69) is 16.7 Å². The molecule has 0 aliphatic carbocycles. The van der Waals surface area contributed by atoms with Crippen molar-refractivity contribution in [1.29, 1.82) is 0 Å². The molecule has 0 spiro atoms. The minimum atomic E-state index is -0.448. The number of rotatable bonds is 5. The van der Waals surface area contributed by atoms with Crippen molar-refractivity contribution in [3.05, 3.63) is 101 Å². The maximum Gasteiger partial charge on any atom is 0.255 e. The van der Waals surface area contributed by atoms with Gasteiger partial charge in [0.2, 0.25) is 5.95 Å². The smallest absolute Gasteiger partial charge is 0.255 e. The number of benzene rings is 3. The van der Waals surface area contributed by atoms with Gasteiger partial charge in [-0.3, -0.25) is 4.79 Å². The third-order valence-electron chi connectivity index (χ3n) is 5.83. The molecule has 34 heavy (non-hydrogen) atoms. The number of methoxy groups -OCH3 is 1. The molecule has 7 heteroatoms. The van der Waals surface area contributed by atoms with Crippen molar-refractivity contribution in [2.24, 2.45) is 0 Å². The summed E-state index contributed by atoms with van der Waals surface area (Å²) in [4.78, 5) is 18.3. The fourth-order valence-electron chi connectivity index (χ4n) is 4.26. The second-order valence-corrected chi connectivity index (χ2v) is 8.20. The highest BCUT2D eigenvalue weighted by Crippen LogP contribution is 2.38. The average molecular weight is 452 g/mol. The number of allylic oxidation sites excluding steroid dienone is 1. The summed E-state index contributed by atoms with van der Waals surface area (Å²) in [6.45, 7) is 3.93. The van der Waals surface area contributed by atoms with Crippen LogP contribution < -0.4 is 15.4 Å². The lowest BCUT2D eigenvalue weighted by molar-refractivity contribution is -0.113. The van der Waals surface area contributed by atoms with Gasteiger partial charge in [0.05, 0.1) is 18.2 Å². The fourth-order valence-corrected chi connectivity index (χ4v) is 4.26. The van der Waals surface area contributed by atoms with Gasteiger partial charge in [0.15, 0.2) is 5.82 Å². The SMILES string of the molecule is COc1ccccc1-c1nc2n(n1)C(c1cccc(C)c1)C(C(=O)Nc1ccccc1)=C(C)N2. The molecule has 1 atom stereocenters. The van der Waals surface area contributed by atoms with E-state index in [9.17, 15) is 4.79 Å². The first-order valence-electron chi connectivity index (χ1n) is 11.1. The number of hydrogen-bond acceptors (Lipinski definition) is 5. The number of aromatic nitrogens is 3. The van der Waals surface area contributed by atoms with Gasteiger partial charge in [0.25, 0.3) is 5.91 Å². The number of carbonyl (C=O) groups is 1. The van der Waals surface area contributed by atoms with Crippen LogP contribution in [0.15, 0.2) is 90.1 Å². The Morgan fingerprint density at radius 1 is 1.00 bits per heavy atom. The Bertz CT molecular complexity index is 1390.